The molecule has 0 aliphatic carbocycles. The highest BCUT2D eigenvalue weighted by molar-refractivity contribution is 5.95. The number of benzene rings is 1. The van der Waals surface area contributed by atoms with Crippen LogP contribution in [-0.2, 0) is 9.53 Å². The molecule has 1 amide bonds. The van der Waals surface area contributed by atoms with Gasteiger partial charge in [-0.15, -0.1) is 0 Å². The van der Waals surface area contributed by atoms with E-state index < -0.39 is 22.9 Å². The molecule has 1 rings (SSSR count). The third-order valence-corrected chi connectivity index (χ3v) is 2.46. The van der Waals surface area contributed by atoms with E-state index in [1.54, 1.807) is 6.92 Å². The zero-order chi connectivity index (χ0) is 15.3. The van der Waals surface area contributed by atoms with E-state index in [-0.39, 0.29) is 17.8 Å². The van der Waals surface area contributed by atoms with Gasteiger partial charge in [0.1, 0.15) is 0 Å². The second-order valence-corrected chi connectivity index (χ2v) is 4.06. The molecule has 0 heterocycles. The summed E-state index contributed by atoms with van der Waals surface area (Å²) in [7, 11) is 1.11. The molecule has 108 valence electrons. The van der Waals surface area contributed by atoms with Gasteiger partial charge < -0.3 is 15.2 Å². The molecule has 1 aromatic carbocycles. The van der Waals surface area contributed by atoms with E-state index in [9.17, 15) is 24.8 Å². The van der Waals surface area contributed by atoms with Crippen molar-refractivity contribution >= 4 is 17.6 Å². The van der Waals surface area contributed by atoms with E-state index in [0.717, 1.165) is 13.2 Å². The van der Waals surface area contributed by atoms with Crippen LogP contribution in [0.3, 0.4) is 0 Å². The van der Waals surface area contributed by atoms with Gasteiger partial charge in [-0.1, -0.05) is 0 Å². The lowest BCUT2D eigenvalue weighted by atomic mass is 10.1. The zero-order valence-corrected chi connectivity index (χ0v) is 11.0. The smallest absolute Gasteiger partial charge is 0.336 e. The van der Waals surface area contributed by atoms with Gasteiger partial charge in [0.05, 0.1) is 18.6 Å². The number of methoxy groups -OCH3 is 1. The Bertz CT molecular complexity index is 543. The van der Waals surface area contributed by atoms with Crippen molar-refractivity contribution < 1.29 is 24.4 Å². The molecule has 8 heteroatoms. The van der Waals surface area contributed by atoms with Gasteiger partial charge in [-0.3, -0.25) is 14.9 Å². The number of carbonyl (C=O) groups excluding carboxylic acids is 2. The van der Waals surface area contributed by atoms with Crippen molar-refractivity contribution in [2.75, 3.05) is 13.7 Å². The fourth-order valence-corrected chi connectivity index (χ4v) is 1.51. The number of hydrogen-bond acceptors (Lipinski definition) is 6. The van der Waals surface area contributed by atoms with Crippen LogP contribution in [0.15, 0.2) is 18.2 Å². The minimum absolute atomic E-state index is 0.0776. The number of carbonyl (C=O) groups is 2. The van der Waals surface area contributed by atoms with Crippen LogP contribution in [0.5, 0.6) is 0 Å². The van der Waals surface area contributed by atoms with Gasteiger partial charge in [0, 0.05) is 17.7 Å². The molecule has 20 heavy (non-hydrogen) atoms. The molecule has 2 N–H and O–H groups in total. The maximum atomic E-state index is 11.8. The number of aryl methyl sites for hydroxylation is 1. The molecule has 1 atom stereocenters. The topological polar surface area (TPSA) is 119 Å². The molecule has 0 fully saturated rings. The number of non-ortho nitro benzene ring substituents is 1. The summed E-state index contributed by atoms with van der Waals surface area (Å²) in [6.07, 6.45) is -1.48. The number of hydrogen-bond donors (Lipinski definition) is 2. The fraction of sp³-hybridized carbons (Fsp3) is 0.333. The average molecular weight is 282 g/mol. The molecule has 0 spiro atoms. The fourth-order valence-electron chi connectivity index (χ4n) is 1.51. The van der Waals surface area contributed by atoms with Crippen molar-refractivity contribution in [1.29, 1.82) is 0 Å². The van der Waals surface area contributed by atoms with Crippen LogP contribution in [0.2, 0.25) is 0 Å². The van der Waals surface area contributed by atoms with E-state index in [2.05, 4.69) is 10.1 Å². The number of amides is 1. The van der Waals surface area contributed by atoms with Crippen LogP contribution >= 0.6 is 0 Å². The number of aliphatic hydroxyl groups is 1. The highest BCUT2D eigenvalue weighted by Crippen LogP contribution is 2.16. The molecule has 0 aliphatic heterocycles. The van der Waals surface area contributed by atoms with Gasteiger partial charge in [0.15, 0.2) is 6.10 Å². The number of aliphatic hydroxyl groups excluding tert-OH is 1. The summed E-state index contributed by atoms with van der Waals surface area (Å²) in [4.78, 5) is 32.8. The molecule has 1 aromatic rings. The Balaban J connectivity index is 2.78. The average Bonchev–Trinajstić information content (AvgIpc) is 2.42. The van der Waals surface area contributed by atoms with Gasteiger partial charge in [0.2, 0.25) is 0 Å². The van der Waals surface area contributed by atoms with Gasteiger partial charge >= 0.3 is 5.97 Å². The lowest BCUT2D eigenvalue weighted by molar-refractivity contribution is -0.384. The second-order valence-electron chi connectivity index (χ2n) is 4.06. The molecule has 0 bridgehead atoms. The third-order valence-electron chi connectivity index (χ3n) is 2.46. The van der Waals surface area contributed by atoms with Crippen LogP contribution in [0, 0.1) is 17.0 Å². The predicted octanol–water partition coefficient (Wildman–Crippen LogP) is 0.167. The Kier molecular flexibility index (Phi) is 5.15. The summed E-state index contributed by atoms with van der Waals surface area (Å²) in [5, 5.41) is 22.3. The van der Waals surface area contributed by atoms with E-state index in [1.807, 2.05) is 0 Å². The first-order chi connectivity index (χ1) is 9.35. The van der Waals surface area contributed by atoms with Crippen LogP contribution < -0.4 is 5.32 Å². The van der Waals surface area contributed by atoms with Crippen molar-refractivity contribution in [3.63, 3.8) is 0 Å². The quantitative estimate of drug-likeness (QED) is 0.451. The molecular formula is C12H14N2O6. The largest absolute Gasteiger partial charge is 0.467 e. The van der Waals surface area contributed by atoms with Gasteiger partial charge in [-0.25, -0.2) is 4.79 Å². The summed E-state index contributed by atoms with van der Waals surface area (Å²) < 4.78 is 4.29. The lowest BCUT2D eigenvalue weighted by Gasteiger charge is -2.10. The first-order valence-electron chi connectivity index (χ1n) is 5.65. The molecule has 0 radical (unpaired) electrons. The standard InChI is InChI=1S/C12H14N2O6/c1-7-3-8(5-9(4-7)14(18)19)11(16)13-6-10(15)12(17)20-2/h3-5,10,15H,6H2,1-2H3,(H,13,16). The van der Waals surface area contributed by atoms with Crippen LogP contribution in [-0.4, -0.2) is 41.7 Å². The molecule has 1 unspecified atom stereocenters. The van der Waals surface area contributed by atoms with Crippen LogP contribution in [0.25, 0.3) is 0 Å². The van der Waals surface area contributed by atoms with Crippen molar-refractivity contribution in [1.82, 2.24) is 5.32 Å². The summed E-state index contributed by atoms with van der Waals surface area (Å²) in [6, 6.07) is 3.92. The molecule has 0 aliphatic rings. The Morgan fingerprint density at radius 3 is 2.65 bits per heavy atom. The van der Waals surface area contributed by atoms with Crippen molar-refractivity contribution in [3.05, 3.63) is 39.4 Å². The summed E-state index contributed by atoms with van der Waals surface area (Å²) in [5.41, 5.74) is 0.426. The molecular weight excluding hydrogens is 268 g/mol. The Hall–Kier alpha value is -2.48. The number of nitro groups is 1. The molecule has 0 aromatic heterocycles. The maximum Gasteiger partial charge on any atom is 0.336 e. The number of rotatable bonds is 5. The minimum atomic E-state index is -1.48. The minimum Gasteiger partial charge on any atom is -0.467 e. The van der Waals surface area contributed by atoms with Crippen molar-refractivity contribution in [3.8, 4) is 0 Å². The number of nitrogens with zero attached hydrogens (tertiary/aromatic N) is 1. The number of esters is 1. The number of ether oxygens (including phenoxy) is 1. The normalized spacial score (nSPS) is 11.6. The van der Waals surface area contributed by atoms with E-state index in [1.165, 1.54) is 12.1 Å². The Morgan fingerprint density at radius 1 is 1.45 bits per heavy atom. The van der Waals surface area contributed by atoms with Crippen LogP contribution in [0.1, 0.15) is 15.9 Å². The predicted molar refractivity (Wildman–Crippen MR) is 68.2 cm³/mol. The van der Waals surface area contributed by atoms with Gasteiger partial charge in [-0.2, -0.15) is 0 Å². The Morgan fingerprint density at radius 2 is 2.10 bits per heavy atom. The van der Waals surface area contributed by atoms with E-state index >= 15 is 0 Å². The second kappa shape index (κ2) is 6.62. The van der Waals surface area contributed by atoms with E-state index in [4.69, 9.17) is 0 Å². The highest BCUT2D eigenvalue weighted by atomic mass is 16.6. The molecule has 0 saturated carbocycles. The van der Waals surface area contributed by atoms with Crippen LogP contribution in [0.4, 0.5) is 5.69 Å². The Labute approximate surface area is 114 Å². The van der Waals surface area contributed by atoms with Gasteiger partial charge in [0.25, 0.3) is 11.6 Å². The highest BCUT2D eigenvalue weighted by Gasteiger charge is 2.18. The molecule has 8 nitrogen and oxygen atoms in total. The maximum absolute atomic E-state index is 11.8. The third kappa shape index (κ3) is 4.02. The summed E-state index contributed by atoms with van der Waals surface area (Å²) in [5.74, 6) is -1.50. The zero-order valence-electron chi connectivity index (χ0n) is 11.0. The molecule has 0 saturated heterocycles. The van der Waals surface area contributed by atoms with Gasteiger partial charge in [-0.05, 0) is 18.6 Å². The first kappa shape index (κ1) is 15.6. The monoisotopic (exact) mass is 282 g/mol. The number of nitro benzene ring substituents is 1. The first-order valence-corrected chi connectivity index (χ1v) is 5.65. The van der Waals surface area contributed by atoms with Crippen molar-refractivity contribution in [2.45, 2.75) is 13.0 Å². The summed E-state index contributed by atoms with van der Waals surface area (Å²) in [6.45, 7) is 1.28. The van der Waals surface area contributed by atoms with E-state index in [0.29, 0.717) is 5.56 Å². The number of nitrogens with one attached hydrogen (secondary N) is 1. The SMILES string of the molecule is COC(=O)C(O)CNC(=O)c1cc(C)cc([N+](=O)[O-])c1. The van der Waals surface area contributed by atoms with Crippen molar-refractivity contribution in [2.24, 2.45) is 0 Å². The lowest BCUT2D eigenvalue weighted by Crippen LogP contribution is -2.37. The summed E-state index contributed by atoms with van der Waals surface area (Å²) >= 11 is 0.